The lowest BCUT2D eigenvalue weighted by molar-refractivity contribution is 0.257. The topological polar surface area (TPSA) is 38.2 Å². The van der Waals surface area contributed by atoms with Crippen LogP contribution in [-0.4, -0.2) is 35.9 Å². The summed E-state index contributed by atoms with van der Waals surface area (Å²) in [6.07, 6.45) is 7.87. The molecule has 2 aromatic carbocycles. The van der Waals surface area contributed by atoms with Crippen molar-refractivity contribution in [3.8, 4) is 16.9 Å². The van der Waals surface area contributed by atoms with Gasteiger partial charge in [0.1, 0.15) is 0 Å². The zero-order valence-corrected chi connectivity index (χ0v) is 19.6. The number of piperidine rings is 1. The third-order valence-electron chi connectivity index (χ3n) is 6.73. The summed E-state index contributed by atoms with van der Waals surface area (Å²) >= 11 is 1.63. The van der Waals surface area contributed by atoms with E-state index in [1.807, 2.05) is 42.9 Å². The Labute approximate surface area is 197 Å². The molecule has 33 heavy (non-hydrogen) atoms. The number of benzene rings is 2. The Hall–Kier alpha value is -2.67. The van der Waals surface area contributed by atoms with Crippen LogP contribution in [0.1, 0.15) is 18.9 Å². The molecular weight excluding hydrogens is 440 g/mol. The molecule has 1 aliphatic heterocycles. The standard InChI is InChI=1S/C26H27F2N3OS/c1-3-4-16-11-29-26(30-12-16)31-13-20-21(14-31)22(20)15-32-25-23(27)9-18(10-24(25)28)17-5-7-19(33-2)8-6-17/h5-12,20-22H,3-4,13-15H2,1-2H3. The summed E-state index contributed by atoms with van der Waals surface area (Å²) in [4.78, 5) is 12.3. The van der Waals surface area contributed by atoms with Gasteiger partial charge in [0.15, 0.2) is 17.4 Å². The minimum Gasteiger partial charge on any atom is -0.487 e. The molecule has 5 rings (SSSR count). The van der Waals surface area contributed by atoms with E-state index in [9.17, 15) is 8.78 Å². The molecule has 1 saturated heterocycles. The molecule has 2 aliphatic rings. The van der Waals surface area contributed by atoms with E-state index in [-0.39, 0.29) is 5.75 Å². The monoisotopic (exact) mass is 467 g/mol. The molecule has 1 saturated carbocycles. The molecule has 3 aromatic rings. The van der Waals surface area contributed by atoms with Gasteiger partial charge in [0, 0.05) is 36.3 Å². The normalized spacial score (nSPS) is 21.2. The first-order chi connectivity index (χ1) is 16.1. The summed E-state index contributed by atoms with van der Waals surface area (Å²) in [7, 11) is 0. The van der Waals surface area contributed by atoms with Crippen molar-refractivity contribution in [3.63, 3.8) is 0 Å². The fourth-order valence-electron chi connectivity index (χ4n) is 4.82. The summed E-state index contributed by atoms with van der Waals surface area (Å²) in [5, 5.41) is 0. The van der Waals surface area contributed by atoms with Gasteiger partial charge in [0.05, 0.1) is 6.61 Å². The summed E-state index contributed by atoms with van der Waals surface area (Å²) in [6.45, 7) is 4.19. The predicted molar refractivity (Wildman–Crippen MR) is 128 cm³/mol. The van der Waals surface area contributed by atoms with Crippen LogP contribution in [0.2, 0.25) is 0 Å². The maximum atomic E-state index is 14.7. The number of hydrogen-bond acceptors (Lipinski definition) is 5. The van der Waals surface area contributed by atoms with Crippen LogP contribution >= 0.6 is 11.8 Å². The van der Waals surface area contributed by atoms with E-state index in [4.69, 9.17) is 4.74 Å². The van der Waals surface area contributed by atoms with Gasteiger partial charge in [0.2, 0.25) is 5.95 Å². The summed E-state index contributed by atoms with van der Waals surface area (Å²) in [6, 6.07) is 10.3. The smallest absolute Gasteiger partial charge is 0.225 e. The third-order valence-corrected chi connectivity index (χ3v) is 7.47. The molecule has 1 aromatic heterocycles. The molecule has 1 aliphatic carbocycles. The Bertz CT molecular complexity index is 1090. The summed E-state index contributed by atoms with van der Waals surface area (Å²) in [5.74, 6) is 0.404. The van der Waals surface area contributed by atoms with E-state index in [1.54, 1.807) is 11.8 Å². The van der Waals surface area contributed by atoms with E-state index in [2.05, 4.69) is 21.8 Å². The second-order valence-corrected chi connectivity index (χ2v) is 9.73. The lowest BCUT2D eigenvalue weighted by atomic mass is 10.1. The van der Waals surface area contributed by atoms with E-state index >= 15 is 0 Å². The van der Waals surface area contributed by atoms with E-state index in [0.717, 1.165) is 47.9 Å². The zero-order chi connectivity index (χ0) is 22.9. The van der Waals surface area contributed by atoms with Crippen LogP contribution < -0.4 is 9.64 Å². The molecule has 2 heterocycles. The van der Waals surface area contributed by atoms with Crippen LogP contribution in [0, 0.1) is 29.4 Å². The molecule has 2 unspecified atom stereocenters. The van der Waals surface area contributed by atoms with Crippen LogP contribution in [0.5, 0.6) is 5.75 Å². The molecule has 0 bridgehead atoms. The largest absolute Gasteiger partial charge is 0.487 e. The quantitative estimate of drug-likeness (QED) is 0.388. The van der Waals surface area contributed by atoms with Gasteiger partial charge in [0.25, 0.3) is 0 Å². The molecule has 2 fully saturated rings. The Kier molecular flexibility index (Phi) is 6.23. The van der Waals surface area contributed by atoms with Gasteiger partial charge in [-0.2, -0.15) is 0 Å². The van der Waals surface area contributed by atoms with Crippen LogP contribution in [0.25, 0.3) is 11.1 Å². The number of aryl methyl sites for hydroxylation is 1. The lowest BCUT2D eigenvalue weighted by Crippen LogP contribution is -2.27. The molecule has 0 amide bonds. The van der Waals surface area contributed by atoms with Crippen LogP contribution in [-0.2, 0) is 6.42 Å². The highest BCUT2D eigenvalue weighted by Crippen LogP contribution is 2.52. The summed E-state index contributed by atoms with van der Waals surface area (Å²) < 4.78 is 35.0. The van der Waals surface area contributed by atoms with Crippen molar-refractivity contribution < 1.29 is 13.5 Å². The molecule has 172 valence electrons. The van der Waals surface area contributed by atoms with Crippen molar-refractivity contribution in [2.75, 3.05) is 30.9 Å². The Morgan fingerprint density at radius 3 is 2.21 bits per heavy atom. The summed E-state index contributed by atoms with van der Waals surface area (Å²) in [5.41, 5.74) is 2.44. The number of thioether (sulfide) groups is 1. The van der Waals surface area contributed by atoms with Crippen molar-refractivity contribution in [1.82, 2.24) is 9.97 Å². The van der Waals surface area contributed by atoms with E-state index in [1.165, 1.54) is 12.1 Å². The average molecular weight is 468 g/mol. The molecule has 0 spiro atoms. The third kappa shape index (κ3) is 4.56. The fraction of sp³-hybridized carbons (Fsp3) is 0.385. The molecular formula is C26H27F2N3OS. The first-order valence-electron chi connectivity index (χ1n) is 11.4. The van der Waals surface area contributed by atoms with Crippen molar-refractivity contribution >= 4 is 17.7 Å². The van der Waals surface area contributed by atoms with Crippen molar-refractivity contribution in [1.29, 1.82) is 0 Å². The number of halogens is 2. The van der Waals surface area contributed by atoms with Crippen LogP contribution in [0.4, 0.5) is 14.7 Å². The number of fused-ring (bicyclic) bond motifs is 1. The number of anilines is 1. The second-order valence-electron chi connectivity index (χ2n) is 8.85. The average Bonchev–Trinajstić information content (AvgIpc) is 3.27. The first kappa shape index (κ1) is 22.1. The zero-order valence-electron chi connectivity index (χ0n) is 18.8. The first-order valence-corrected chi connectivity index (χ1v) is 12.6. The molecule has 4 nitrogen and oxygen atoms in total. The van der Waals surface area contributed by atoms with Crippen molar-refractivity contribution in [2.45, 2.75) is 24.7 Å². The maximum absolute atomic E-state index is 14.7. The SMILES string of the molecule is CCCc1cnc(N2CC3C(COc4c(F)cc(-c5ccc(SC)cc5)cc4F)C3C2)nc1. The Morgan fingerprint density at radius 2 is 1.64 bits per heavy atom. The molecule has 0 radical (unpaired) electrons. The van der Waals surface area contributed by atoms with Gasteiger partial charge >= 0.3 is 0 Å². The predicted octanol–water partition coefficient (Wildman–Crippen LogP) is 5.86. The molecule has 7 heteroatoms. The van der Waals surface area contributed by atoms with Gasteiger partial charge in [-0.3, -0.25) is 0 Å². The lowest BCUT2D eigenvalue weighted by Gasteiger charge is -2.20. The minimum atomic E-state index is -0.660. The Morgan fingerprint density at radius 1 is 1.00 bits per heavy atom. The molecule has 0 N–H and O–H groups in total. The van der Waals surface area contributed by atoms with Crippen molar-refractivity contribution in [2.24, 2.45) is 17.8 Å². The van der Waals surface area contributed by atoms with Gasteiger partial charge in [-0.15, -0.1) is 11.8 Å². The highest BCUT2D eigenvalue weighted by Gasteiger charge is 2.56. The van der Waals surface area contributed by atoms with Gasteiger partial charge in [-0.25, -0.2) is 18.7 Å². The minimum absolute atomic E-state index is 0.281. The number of aromatic nitrogens is 2. The fourth-order valence-corrected chi connectivity index (χ4v) is 5.22. The van der Waals surface area contributed by atoms with Gasteiger partial charge < -0.3 is 9.64 Å². The van der Waals surface area contributed by atoms with Gasteiger partial charge in [-0.1, -0.05) is 25.5 Å². The highest BCUT2D eigenvalue weighted by atomic mass is 32.2. The maximum Gasteiger partial charge on any atom is 0.225 e. The van der Waals surface area contributed by atoms with Crippen LogP contribution in [0.15, 0.2) is 53.7 Å². The van der Waals surface area contributed by atoms with Crippen molar-refractivity contribution in [3.05, 3.63) is 66.0 Å². The van der Waals surface area contributed by atoms with E-state index < -0.39 is 11.6 Å². The number of rotatable bonds is 8. The number of ether oxygens (including phenoxy) is 1. The van der Waals surface area contributed by atoms with E-state index in [0.29, 0.717) is 29.9 Å². The van der Waals surface area contributed by atoms with Gasteiger partial charge in [-0.05, 0) is 65.5 Å². The Balaban J connectivity index is 1.17. The molecule has 2 atom stereocenters. The second kappa shape index (κ2) is 9.29. The highest BCUT2D eigenvalue weighted by molar-refractivity contribution is 7.98. The van der Waals surface area contributed by atoms with Crippen LogP contribution in [0.3, 0.4) is 0 Å². The number of hydrogen-bond donors (Lipinski definition) is 0. The number of nitrogens with zero attached hydrogens (tertiary/aromatic N) is 3.